The first-order chi connectivity index (χ1) is 6.77. The lowest BCUT2D eigenvalue weighted by molar-refractivity contribution is 0.271. The summed E-state index contributed by atoms with van der Waals surface area (Å²) in [6.07, 6.45) is 0. The molecule has 0 saturated carbocycles. The fraction of sp³-hybridized carbons (Fsp3) is 0.455. The van der Waals surface area contributed by atoms with Crippen LogP contribution in [-0.4, -0.2) is 34.2 Å². The normalized spacial score (nSPS) is 28.9. The van der Waals surface area contributed by atoms with Gasteiger partial charge in [-0.1, -0.05) is 30.3 Å². The van der Waals surface area contributed by atoms with Gasteiger partial charge in [-0.25, -0.2) is 0 Å². The van der Waals surface area contributed by atoms with E-state index >= 15 is 0 Å². The molecule has 3 heteroatoms. The molecule has 0 N–H and O–H groups in total. The van der Waals surface area contributed by atoms with E-state index < -0.39 is 10.8 Å². The molecule has 1 fully saturated rings. The van der Waals surface area contributed by atoms with Gasteiger partial charge in [0.15, 0.2) is 0 Å². The van der Waals surface area contributed by atoms with E-state index in [-0.39, 0.29) is 0 Å². The van der Waals surface area contributed by atoms with Gasteiger partial charge in [-0.05, 0) is 12.6 Å². The first kappa shape index (κ1) is 9.87. The van der Waals surface area contributed by atoms with E-state index in [9.17, 15) is 4.21 Å². The summed E-state index contributed by atoms with van der Waals surface area (Å²) in [6.45, 7) is 0.937. The van der Waals surface area contributed by atoms with Crippen molar-refractivity contribution in [2.75, 3.05) is 25.1 Å². The maximum atomic E-state index is 11.5. The van der Waals surface area contributed by atoms with Crippen molar-refractivity contribution < 1.29 is 4.21 Å². The van der Waals surface area contributed by atoms with Crippen LogP contribution in [0.4, 0.5) is 0 Å². The smallest absolute Gasteiger partial charge is 0.0460 e. The Bertz CT molecular complexity index is 325. The van der Waals surface area contributed by atoms with Gasteiger partial charge in [0, 0.05) is 34.9 Å². The van der Waals surface area contributed by atoms with Gasteiger partial charge in [-0.2, -0.15) is 0 Å². The van der Waals surface area contributed by atoms with E-state index in [4.69, 9.17) is 0 Å². The molecule has 0 amide bonds. The molecule has 0 spiro atoms. The highest BCUT2D eigenvalue weighted by Crippen LogP contribution is 2.23. The monoisotopic (exact) mass is 209 g/mol. The molecule has 0 bridgehead atoms. The predicted octanol–water partition coefficient (Wildman–Crippen LogP) is 1.42. The fourth-order valence-corrected chi connectivity index (χ4v) is 3.27. The Kier molecular flexibility index (Phi) is 2.99. The molecule has 14 heavy (non-hydrogen) atoms. The molecule has 1 aromatic rings. The lowest BCUT2D eigenvalue weighted by Crippen LogP contribution is -2.37. The zero-order valence-electron chi connectivity index (χ0n) is 8.35. The fourth-order valence-electron chi connectivity index (χ4n) is 1.81. The summed E-state index contributed by atoms with van der Waals surface area (Å²) >= 11 is 0. The average molecular weight is 209 g/mol. The minimum atomic E-state index is -0.633. The zero-order chi connectivity index (χ0) is 9.97. The number of nitrogens with zero attached hydrogens (tertiary/aromatic N) is 1. The molecule has 1 aliphatic rings. The standard InChI is InChI=1S/C11H15NOS/c1-12-7-8-14(13)9-11(12)10-5-3-2-4-6-10/h2-6,11H,7-9H2,1H3/t11-,14?/m1/s1. The van der Waals surface area contributed by atoms with Gasteiger partial charge < -0.3 is 0 Å². The molecule has 2 rings (SSSR count). The molecule has 1 unspecified atom stereocenters. The van der Waals surface area contributed by atoms with Gasteiger partial charge in [0.2, 0.25) is 0 Å². The Labute approximate surface area is 87.4 Å². The summed E-state index contributed by atoms with van der Waals surface area (Å²) in [4.78, 5) is 2.29. The molecule has 0 radical (unpaired) electrons. The highest BCUT2D eigenvalue weighted by Gasteiger charge is 2.24. The summed E-state index contributed by atoms with van der Waals surface area (Å²) in [5.74, 6) is 1.60. The summed E-state index contributed by atoms with van der Waals surface area (Å²) in [5, 5.41) is 0. The first-order valence-electron chi connectivity index (χ1n) is 4.87. The van der Waals surface area contributed by atoms with Gasteiger partial charge in [0.25, 0.3) is 0 Å². The van der Waals surface area contributed by atoms with Crippen molar-refractivity contribution >= 4 is 10.8 Å². The summed E-state index contributed by atoms with van der Waals surface area (Å²) in [7, 11) is 1.47. The van der Waals surface area contributed by atoms with Crippen molar-refractivity contribution in [1.29, 1.82) is 0 Å². The number of benzene rings is 1. The summed E-state index contributed by atoms with van der Waals surface area (Å²) < 4.78 is 11.5. The van der Waals surface area contributed by atoms with Gasteiger partial charge >= 0.3 is 0 Å². The number of hydrogen-bond donors (Lipinski definition) is 0. The highest BCUT2D eigenvalue weighted by molar-refractivity contribution is 7.85. The molecule has 0 aliphatic carbocycles. The molecular formula is C11H15NOS. The highest BCUT2D eigenvalue weighted by atomic mass is 32.2. The van der Waals surface area contributed by atoms with Crippen LogP contribution in [0, 0.1) is 0 Å². The van der Waals surface area contributed by atoms with E-state index in [0.29, 0.717) is 6.04 Å². The van der Waals surface area contributed by atoms with Crippen LogP contribution in [0.25, 0.3) is 0 Å². The molecular weight excluding hydrogens is 194 g/mol. The van der Waals surface area contributed by atoms with Crippen molar-refractivity contribution in [3.05, 3.63) is 35.9 Å². The SMILES string of the molecule is CN1CCS(=O)C[C@@H]1c1ccccc1. The zero-order valence-corrected chi connectivity index (χ0v) is 9.17. The minimum absolute atomic E-state index is 0.339. The third-order valence-electron chi connectivity index (χ3n) is 2.73. The lowest BCUT2D eigenvalue weighted by Gasteiger charge is -2.32. The molecule has 0 aromatic heterocycles. The van der Waals surface area contributed by atoms with E-state index in [2.05, 4.69) is 24.1 Å². The lowest BCUT2D eigenvalue weighted by atomic mass is 10.1. The van der Waals surface area contributed by atoms with Gasteiger partial charge in [0.1, 0.15) is 0 Å². The van der Waals surface area contributed by atoms with Crippen LogP contribution in [0.15, 0.2) is 30.3 Å². The average Bonchev–Trinajstić information content (AvgIpc) is 2.23. The Balaban J connectivity index is 2.20. The molecule has 76 valence electrons. The molecule has 2 atom stereocenters. The molecule has 1 aliphatic heterocycles. The molecule has 1 heterocycles. The van der Waals surface area contributed by atoms with Gasteiger partial charge in [-0.3, -0.25) is 9.11 Å². The van der Waals surface area contributed by atoms with Crippen LogP contribution >= 0.6 is 0 Å². The van der Waals surface area contributed by atoms with E-state index in [0.717, 1.165) is 18.1 Å². The second-order valence-electron chi connectivity index (χ2n) is 3.72. The van der Waals surface area contributed by atoms with Crippen LogP contribution in [0.2, 0.25) is 0 Å². The largest absolute Gasteiger partial charge is 0.298 e. The van der Waals surface area contributed by atoms with Crippen molar-refractivity contribution in [3.8, 4) is 0 Å². The van der Waals surface area contributed by atoms with Crippen LogP contribution in [0.1, 0.15) is 11.6 Å². The van der Waals surface area contributed by atoms with Crippen LogP contribution in [0.5, 0.6) is 0 Å². The van der Waals surface area contributed by atoms with Crippen LogP contribution in [0.3, 0.4) is 0 Å². The predicted molar refractivity (Wildman–Crippen MR) is 59.7 cm³/mol. The van der Waals surface area contributed by atoms with E-state index in [1.54, 1.807) is 0 Å². The number of rotatable bonds is 1. The third kappa shape index (κ3) is 2.04. The third-order valence-corrected chi connectivity index (χ3v) is 4.06. The topological polar surface area (TPSA) is 20.3 Å². The maximum absolute atomic E-state index is 11.5. The summed E-state index contributed by atoms with van der Waals surface area (Å²) in [5.41, 5.74) is 1.28. The quantitative estimate of drug-likeness (QED) is 0.697. The van der Waals surface area contributed by atoms with Crippen LogP contribution < -0.4 is 0 Å². The second-order valence-corrected chi connectivity index (χ2v) is 5.34. The van der Waals surface area contributed by atoms with Crippen molar-refractivity contribution in [3.63, 3.8) is 0 Å². The van der Waals surface area contributed by atoms with E-state index in [1.165, 1.54) is 5.56 Å². The van der Waals surface area contributed by atoms with Crippen molar-refractivity contribution in [2.45, 2.75) is 6.04 Å². The Morgan fingerprint density at radius 2 is 2.07 bits per heavy atom. The molecule has 2 nitrogen and oxygen atoms in total. The summed E-state index contributed by atoms with van der Waals surface area (Å²) in [6, 6.07) is 10.7. The first-order valence-corrected chi connectivity index (χ1v) is 6.36. The Morgan fingerprint density at radius 1 is 1.36 bits per heavy atom. The second kappa shape index (κ2) is 4.24. The van der Waals surface area contributed by atoms with Crippen LogP contribution in [-0.2, 0) is 10.8 Å². The van der Waals surface area contributed by atoms with Crippen molar-refractivity contribution in [2.24, 2.45) is 0 Å². The minimum Gasteiger partial charge on any atom is -0.298 e. The number of hydrogen-bond acceptors (Lipinski definition) is 2. The maximum Gasteiger partial charge on any atom is 0.0460 e. The molecule has 1 aromatic carbocycles. The Hall–Kier alpha value is -0.670. The van der Waals surface area contributed by atoms with E-state index in [1.807, 2.05) is 18.2 Å². The van der Waals surface area contributed by atoms with Crippen molar-refractivity contribution in [1.82, 2.24) is 4.90 Å². The van der Waals surface area contributed by atoms with Gasteiger partial charge in [0.05, 0.1) is 0 Å². The van der Waals surface area contributed by atoms with Gasteiger partial charge in [-0.15, -0.1) is 0 Å². The Morgan fingerprint density at radius 3 is 2.79 bits per heavy atom. The molecule has 1 saturated heterocycles.